The molecule has 3 aromatic rings. The van der Waals surface area contributed by atoms with Gasteiger partial charge in [0.15, 0.2) is 18.1 Å². The average Bonchev–Trinajstić information content (AvgIpc) is 3.09. The number of piperidine rings is 1. The maximum Gasteiger partial charge on any atom is 0.265 e. The van der Waals surface area contributed by atoms with Crippen molar-refractivity contribution >= 4 is 33.7 Å². The molecule has 0 saturated carbocycles. The van der Waals surface area contributed by atoms with Gasteiger partial charge in [0, 0.05) is 25.2 Å². The van der Waals surface area contributed by atoms with E-state index in [1.54, 1.807) is 30.3 Å². The number of hydrogen-bond acceptors (Lipinski definition) is 10. The number of nitrogens with one attached hydrogen (secondary N) is 1. The van der Waals surface area contributed by atoms with Crippen molar-refractivity contribution in [2.24, 2.45) is 5.10 Å². The number of carbonyl (C=O) groups is 2. The topological polar surface area (TPSA) is 145 Å². The summed E-state index contributed by atoms with van der Waals surface area (Å²) in [6, 6.07) is 15.5. The van der Waals surface area contributed by atoms with Gasteiger partial charge in [-0.05, 0) is 73.4 Å². The Kier molecular flexibility index (Phi) is 11.7. The number of rotatable bonds is 14. The number of anilines is 1. The first-order chi connectivity index (χ1) is 22.2. The molecular formula is C32H38N4O9S. The SMILES string of the molecule is COc1ccc(OC)c(N(CC(=O)N/N=C\c2ccc(OCC(=O)N3CCCCC3)cc2)S(=O)(=O)c2ccc(OC)c(OC)c2)c1. The van der Waals surface area contributed by atoms with E-state index < -0.39 is 22.5 Å². The van der Waals surface area contributed by atoms with Crippen molar-refractivity contribution in [3.63, 3.8) is 0 Å². The van der Waals surface area contributed by atoms with Crippen molar-refractivity contribution in [1.29, 1.82) is 0 Å². The van der Waals surface area contributed by atoms with E-state index in [0.29, 0.717) is 22.8 Å². The first kappa shape index (κ1) is 33.9. The van der Waals surface area contributed by atoms with Crippen LogP contribution in [-0.4, -0.2) is 86.0 Å². The van der Waals surface area contributed by atoms with Gasteiger partial charge in [-0.1, -0.05) is 0 Å². The van der Waals surface area contributed by atoms with E-state index in [0.717, 1.165) is 36.7 Å². The number of methoxy groups -OCH3 is 4. The standard InChI is InChI=1S/C32H38N4O9S/c1-41-25-12-14-28(42-2)27(18-25)36(46(39,40)26-13-15-29(43-3)30(19-26)44-4)21-31(37)34-33-20-23-8-10-24(11-9-23)45-22-32(38)35-16-6-5-7-17-35/h8-15,18-20H,5-7,16-17,21-22H2,1-4H3,(H,34,37)/b33-20-. The monoisotopic (exact) mass is 654 g/mol. The van der Waals surface area contributed by atoms with Gasteiger partial charge in [-0.25, -0.2) is 13.8 Å². The van der Waals surface area contributed by atoms with Crippen LogP contribution in [0.1, 0.15) is 24.8 Å². The van der Waals surface area contributed by atoms with E-state index in [9.17, 15) is 18.0 Å². The minimum absolute atomic E-state index is 0.0374. The number of hydrogen-bond donors (Lipinski definition) is 1. The fraction of sp³-hybridized carbons (Fsp3) is 0.344. The van der Waals surface area contributed by atoms with Crippen molar-refractivity contribution in [3.05, 3.63) is 66.2 Å². The maximum atomic E-state index is 14.0. The van der Waals surface area contributed by atoms with E-state index in [4.69, 9.17) is 23.7 Å². The largest absolute Gasteiger partial charge is 0.497 e. The molecule has 246 valence electrons. The van der Waals surface area contributed by atoms with Gasteiger partial charge < -0.3 is 28.6 Å². The molecule has 1 N–H and O–H groups in total. The zero-order chi connectivity index (χ0) is 33.1. The summed E-state index contributed by atoms with van der Waals surface area (Å²) in [7, 11) is 1.30. The summed E-state index contributed by atoms with van der Waals surface area (Å²) in [5, 5.41) is 3.99. The molecule has 2 amide bonds. The number of nitrogens with zero attached hydrogens (tertiary/aromatic N) is 3. The minimum atomic E-state index is -4.36. The molecule has 0 radical (unpaired) electrons. The lowest BCUT2D eigenvalue weighted by Gasteiger charge is -2.26. The van der Waals surface area contributed by atoms with Gasteiger partial charge in [0.2, 0.25) is 0 Å². The van der Waals surface area contributed by atoms with Crippen LogP contribution in [0.3, 0.4) is 0 Å². The molecule has 13 nitrogen and oxygen atoms in total. The lowest BCUT2D eigenvalue weighted by Crippen LogP contribution is -2.39. The molecule has 0 aromatic heterocycles. The van der Waals surface area contributed by atoms with Crippen molar-refractivity contribution in [2.45, 2.75) is 24.2 Å². The first-order valence-electron chi connectivity index (χ1n) is 14.5. The Bertz CT molecular complexity index is 1640. The molecule has 0 unspecified atom stereocenters. The zero-order valence-corrected chi connectivity index (χ0v) is 27.0. The highest BCUT2D eigenvalue weighted by molar-refractivity contribution is 7.92. The summed E-state index contributed by atoms with van der Waals surface area (Å²) >= 11 is 0. The fourth-order valence-electron chi connectivity index (χ4n) is 4.77. The number of hydrazone groups is 1. The van der Waals surface area contributed by atoms with Crippen LogP contribution in [-0.2, 0) is 19.6 Å². The molecule has 14 heteroatoms. The number of ether oxygens (including phenoxy) is 5. The van der Waals surface area contributed by atoms with Crippen LogP contribution in [0.15, 0.2) is 70.7 Å². The van der Waals surface area contributed by atoms with Gasteiger partial charge in [0.25, 0.3) is 21.8 Å². The Hall–Kier alpha value is -4.98. The van der Waals surface area contributed by atoms with Crippen LogP contribution in [0.2, 0.25) is 0 Å². The Labute approximate surface area is 268 Å². The third kappa shape index (κ3) is 8.38. The second kappa shape index (κ2) is 15.8. The molecule has 0 spiro atoms. The van der Waals surface area contributed by atoms with Crippen LogP contribution in [0.25, 0.3) is 0 Å². The quantitative estimate of drug-likeness (QED) is 0.204. The fourth-order valence-corrected chi connectivity index (χ4v) is 6.21. The average molecular weight is 655 g/mol. The summed E-state index contributed by atoms with van der Waals surface area (Å²) in [5.74, 6) is 0.842. The highest BCUT2D eigenvalue weighted by Crippen LogP contribution is 2.37. The second-order valence-electron chi connectivity index (χ2n) is 10.2. The number of likely N-dealkylation sites (tertiary alicyclic amines) is 1. The van der Waals surface area contributed by atoms with Gasteiger partial charge in [-0.3, -0.25) is 13.9 Å². The van der Waals surface area contributed by atoms with Gasteiger partial charge in [0.05, 0.1) is 45.2 Å². The van der Waals surface area contributed by atoms with E-state index in [1.807, 2.05) is 4.90 Å². The first-order valence-corrected chi connectivity index (χ1v) is 15.9. The normalized spacial score (nSPS) is 13.2. The lowest BCUT2D eigenvalue weighted by atomic mass is 10.1. The van der Waals surface area contributed by atoms with Crippen LogP contribution >= 0.6 is 0 Å². The molecule has 1 heterocycles. The predicted octanol–water partition coefficient (Wildman–Crippen LogP) is 3.46. The molecule has 3 aromatic carbocycles. The molecule has 1 aliphatic heterocycles. The Morgan fingerprint density at radius 2 is 1.48 bits per heavy atom. The number of carbonyl (C=O) groups excluding carboxylic acids is 2. The molecule has 4 rings (SSSR count). The van der Waals surface area contributed by atoms with E-state index >= 15 is 0 Å². The van der Waals surface area contributed by atoms with Gasteiger partial charge in [-0.15, -0.1) is 0 Å². The summed E-state index contributed by atoms with van der Waals surface area (Å²) in [6.45, 7) is 0.840. The van der Waals surface area contributed by atoms with Crippen LogP contribution in [0.5, 0.6) is 28.7 Å². The Morgan fingerprint density at radius 1 is 0.826 bits per heavy atom. The van der Waals surface area contributed by atoms with Crippen molar-refractivity contribution < 1.29 is 41.7 Å². The summed E-state index contributed by atoms with van der Waals surface area (Å²) < 4.78 is 55.8. The summed E-state index contributed by atoms with van der Waals surface area (Å²) in [5.41, 5.74) is 3.09. The smallest absolute Gasteiger partial charge is 0.265 e. The zero-order valence-electron chi connectivity index (χ0n) is 26.2. The highest BCUT2D eigenvalue weighted by Gasteiger charge is 2.31. The predicted molar refractivity (Wildman–Crippen MR) is 172 cm³/mol. The molecule has 46 heavy (non-hydrogen) atoms. The minimum Gasteiger partial charge on any atom is -0.497 e. The van der Waals surface area contributed by atoms with E-state index in [-0.39, 0.29) is 34.6 Å². The number of benzene rings is 3. The van der Waals surface area contributed by atoms with Gasteiger partial charge >= 0.3 is 0 Å². The van der Waals surface area contributed by atoms with E-state index in [1.165, 1.54) is 65.0 Å². The molecule has 1 aliphatic rings. The van der Waals surface area contributed by atoms with Gasteiger partial charge in [-0.2, -0.15) is 5.10 Å². The van der Waals surface area contributed by atoms with Crippen molar-refractivity contribution in [3.8, 4) is 28.7 Å². The van der Waals surface area contributed by atoms with Crippen LogP contribution < -0.4 is 33.4 Å². The van der Waals surface area contributed by atoms with Crippen molar-refractivity contribution in [1.82, 2.24) is 10.3 Å². The number of sulfonamides is 1. The van der Waals surface area contributed by atoms with Crippen LogP contribution in [0, 0.1) is 0 Å². The summed E-state index contributed by atoms with van der Waals surface area (Å²) in [6.07, 6.45) is 4.57. The summed E-state index contributed by atoms with van der Waals surface area (Å²) in [4.78, 5) is 27.1. The Balaban J connectivity index is 1.48. The molecule has 0 bridgehead atoms. The Morgan fingerprint density at radius 3 is 2.13 bits per heavy atom. The molecule has 0 aliphatic carbocycles. The number of amides is 2. The van der Waals surface area contributed by atoms with E-state index in [2.05, 4.69) is 10.5 Å². The van der Waals surface area contributed by atoms with Crippen molar-refractivity contribution in [2.75, 3.05) is 59.0 Å². The molecule has 1 fully saturated rings. The maximum absolute atomic E-state index is 14.0. The lowest BCUT2D eigenvalue weighted by molar-refractivity contribution is -0.134. The highest BCUT2D eigenvalue weighted by atomic mass is 32.2. The molecule has 1 saturated heterocycles. The third-order valence-corrected chi connectivity index (χ3v) is 8.99. The molecular weight excluding hydrogens is 616 g/mol. The third-order valence-electron chi connectivity index (χ3n) is 7.24. The second-order valence-corrected chi connectivity index (χ2v) is 12.0. The van der Waals surface area contributed by atoms with Gasteiger partial charge in [0.1, 0.15) is 23.8 Å². The van der Waals surface area contributed by atoms with Crippen LogP contribution in [0.4, 0.5) is 5.69 Å². The molecule has 0 atom stereocenters.